The van der Waals surface area contributed by atoms with Crippen molar-refractivity contribution in [1.82, 2.24) is 18.8 Å². The highest BCUT2D eigenvalue weighted by Crippen LogP contribution is 2.16. The maximum Gasteiger partial charge on any atom is 0.330 e. The number of likely N-dealkylation sites (N-methyl/N-ethyl adjacent to an activating group) is 1. The van der Waals surface area contributed by atoms with E-state index < -0.39 is 21.3 Å². The number of piperidine rings is 1. The van der Waals surface area contributed by atoms with E-state index in [2.05, 4.69) is 5.32 Å². The first-order valence-corrected chi connectivity index (χ1v) is 8.16. The molecule has 8 nitrogen and oxygen atoms in total. The van der Waals surface area contributed by atoms with Crippen molar-refractivity contribution < 1.29 is 8.42 Å². The number of aromatic nitrogens is 2. The lowest BCUT2D eigenvalue weighted by molar-refractivity contribution is 0.299. The predicted molar refractivity (Wildman–Crippen MR) is 77.8 cm³/mol. The molecule has 1 N–H and O–H groups in total. The Balaban J connectivity index is 2.49. The Kier molecular flexibility index (Phi) is 4.35. The normalized spacial score (nSPS) is 19.9. The molecule has 1 aliphatic rings. The molecule has 118 valence electrons. The van der Waals surface area contributed by atoms with E-state index in [0.29, 0.717) is 6.54 Å². The average Bonchev–Trinajstić information content (AvgIpc) is 2.48. The topological polar surface area (TPSA) is 93.4 Å². The van der Waals surface area contributed by atoms with Gasteiger partial charge in [-0.2, -0.15) is 4.31 Å². The third kappa shape index (κ3) is 2.81. The molecule has 0 aliphatic carbocycles. The number of nitrogens with one attached hydrogen (secondary N) is 1. The van der Waals surface area contributed by atoms with Gasteiger partial charge in [-0.05, 0) is 19.4 Å². The second-order valence-electron chi connectivity index (χ2n) is 5.27. The van der Waals surface area contributed by atoms with Gasteiger partial charge in [0.05, 0.1) is 0 Å². The molecule has 2 rings (SSSR count). The van der Waals surface area contributed by atoms with Crippen LogP contribution >= 0.6 is 0 Å². The largest absolute Gasteiger partial charge is 0.330 e. The lowest BCUT2D eigenvalue weighted by atomic mass is 10.1. The van der Waals surface area contributed by atoms with Gasteiger partial charge in [0, 0.05) is 39.9 Å². The maximum atomic E-state index is 12.6. The summed E-state index contributed by atoms with van der Waals surface area (Å²) in [6, 6.07) is -0.189. The second kappa shape index (κ2) is 5.74. The highest BCUT2D eigenvalue weighted by atomic mass is 32.2. The van der Waals surface area contributed by atoms with Crippen LogP contribution in [0.5, 0.6) is 0 Å². The Bertz CT molecular complexity index is 744. The number of hydrogen-bond donors (Lipinski definition) is 1. The van der Waals surface area contributed by atoms with E-state index in [1.54, 1.807) is 0 Å². The molecule has 2 heterocycles. The average molecular weight is 316 g/mol. The van der Waals surface area contributed by atoms with Crippen LogP contribution in [0, 0.1) is 0 Å². The van der Waals surface area contributed by atoms with Crippen molar-refractivity contribution in [2.75, 3.05) is 20.1 Å². The molecular weight excluding hydrogens is 296 g/mol. The first-order valence-electron chi connectivity index (χ1n) is 6.72. The zero-order chi connectivity index (χ0) is 15.8. The molecule has 0 aromatic carbocycles. The van der Waals surface area contributed by atoms with Crippen LogP contribution in [0.4, 0.5) is 0 Å². The summed E-state index contributed by atoms with van der Waals surface area (Å²) in [6.45, 7) is 1.42. The molecule has 0 radical (unpaired) electrons. The molecule has 1 aromatic heterocycles. The molecule has 1 saturated heterocycles. The molecule has 0 amide bonds. The molecule has 0 spiro atoms. The minimum absolute atomic E-state index is 0.189. The summed E-state index contributed by atoms with van der Waals surface area (Å²) in [5, 5.41) is 3.14. The Hall–Kier alpha value is -1.45. The van der Waals surface area contributed by atoms with E-state index in [4.69, 9.17) is 0 Å². The summed E-state index contributed by atoms with van der Waals surface area (Å²) >= 11 is 0. The first-order chi connectivity index (χ1) is 9.76. The maximum absolute atomic E-state index is 12.6. The van der Waals surface area contributed by atoms with Crippen LogP contribution in [-0.4, -0.2) is 48.0 Å². The van der Waals surface area contributed by atoms with Gasteiger partial charge in [-0.15, -0.1) is 0 Å². The van der Waals surface area contributed by atoms with Gasteiger partial charge in [-0.1, -0.05) is 0 Å². The zero-order valence-corrected chi connectivity index (χ0v) is 13.2. The fourth-order valence-corrected chi connectivity index (χ4v) is 3.98. The van der Waals surface area contributed by atoms with Crippen molar-refractivity contribution in [2.24, 2.45) is 14.1 Å². The lowest BCUT2D eigenvalue weighted by Crippen LogP contribution is -2.49. The number of nitrogens with zero attached hydrogens (tertiary/aromatic N) is 3. The van der Waals surface area contributed by atoms with Crippen molar-refractivity contribution >= 4 is 10.0 Å². The summed E-state index contributed by atoms with van der Waals surface area (Å²) in [5.74, 6) is 0. The monoisotopic (exact) mass is 316 g/mol. The second-order valence-corrected chi connectivity index (χ2v) is 7.24. The van der Waals surface area contributed by atoms with E-state index in [1.807, 2.05) is 0 Å². The highest BCUT2D eigenvalue weighted by molar-refractivity contribution is 7.89. The third-order valence-corrected chi connectivity index (χ3v) is 5.75. The lowest BCUT2D eigenvalue weighted by Gasteiger charge is -2.30. The molecule has 9 heteroatoms. The van der Waals surface area contributed by atoms with Gasteiger partial charge >= 0.3 is 5.69 Å². The smallest absolute Gasteiger partial charge is 0.315 e. The highest BCUT2D eigenvalue weighted by Gasteiger charge is 2.32. The minimum atomic E-state index is -3.93. The van der Waals surface area contributed by atoms with Crippen molar-refractivity contribution in [3.8, 4) is 0 Å². The quantitative estimate of drug-likeness (QED) is 0.729. The van der Waals surface area contributed by atoms with Crippen LogP contribution in [0.2, 0.25) is 0 Å². The van der Waals surface area contributed by atoms with Crippen molar-refractivity contribution in [3.05, 3.63) is 27.0 Å². The van der Waals surface area contributed by atoms with Crippen molar-refractivity contribution in [2.45, 2.75) is 23.8 Å². The van der Waals surface area contributed by atoms with Gasteiger partial charge in [0.25, 0.3) is 5.56 Å². The van der Waals surface area contributed by atoms with Crippen LogP contribution in [0.25, 0.3) is 0 Å². The minimum Gasteiger partial charge on any atom is -0.315 e. The first kappa shape index (κ1) is 15.9. The SMILES string of the molecule is CN(C1CCCNC1)S(=O)(=O)c1cn(C)c(=O)n(C)c1=O. The van der Waals surface area contributed by atoms with Crippen LogP contribution in [-0.2, 0) is 24.1 Å². The molecule has 0 saturated carbocycles. The van der Waals surface area contributed by atoms with Gasteiger partial charge in [0.1, 0.15) is 0 Å². The molecule has 1 aromatic rings. The van der Waals surface area contributed by atoms with Crippen LogP contribution in [0.3, 0.4) is 0 Å². The summed E-state index contributed by atoms with van der Waals surface area (Å²) in [7, 11) is 0.228. The summed E-state index contributed by atoms with van der Waals surface area (Å²) in [5.41, 5.74) is -1.35. The van der Waals surface area contributed by atoms with Gasteiger partial charge in [0.2, 0.25) is 10.0 Å². The number of aryl methyl sites for hydroxylation is 1. The Labute approximate surface area is 123 Å². The molecular formula is C12H20N4O4S. The van der Waals surface area contributed by atoms with Crippen LogP contribution in [0.15, 0.2) is 20.7 Å². The van der Waals surface area contributed by atoms with Crippen LogP contribution in [0.1, 0.15) is 12.8 Å². The van der Waals surface area contributed by atoms with E-state index in [0.717, 1.165) is 34.7 Å². The third-order valence-electron chi connectivity index (χ3n) is 3.86. The standard InChI is InChI=1S/C12H20N4O4S/c1-14-8-10(11(17)15(2)12(14)18)21(19,20)16(3)9-5-4-6-13-7-9/h8-9,13H,4-7H2,1-3H3. The fourth-order valence-electron chi connectivity index (χ4n) is 2.45. The summed E-state index contributed by atoms with van der Waals surface area (Å²) < 4.78 is 28.4. The van der Waals surface area contributed by atoms with E-state index in [9.17, 15) is 18.0 Å². The molecule has 0 bridgehead atoms. The zero-order valence-electron chi connectivity index (χ0n) is 12.4. The summed E-state index contributed by atoms with van der Waals surface area (Å²) in [6.07, 6.45) is 2.72. The fraction of sp³-hybridized carbons (Fsp3) is 0.667. The van der Waals surface area contributed by atoms with Gasteiger partial charge in [-0.25, -0.2) is 13.2 Å². The Morgan fingerprint density at radius 3 is 2.57 bits per heavy atom. The molecule has 1 unspecified atom stereocenters. The number of sulfonamides is 1. The van der Waals surface area contributed by atoms with Gasteiger partial charge < -0.3 is 9.88 Å². The van der Waals surface area contributed by atoms with Crippen LogP contribution < -0.4 is 16.6 Å². The van der Waals surface area contributed by atoms with E-state index in [-0.39, 0.29) is 10.9 Å². The van der Waals surface area contributed by atoms with Crippen molar-refractivity contribution in [1.29, 1.82) is 0 Å². The number of hydrogen-bond acceptors (Lipinski definition) is 5. The van der Waals surface area contributed by atoms with Gasteiger partial charge in [0.15, 0.2) is 4.90 Å². The van der Waals surface area contributed by atoms with Gasteiger partial charge in [-0.3, -0.25) is 9.36 Å². The molecule has 21 heavy (non-hydrogen) atoms. The van der Waals surface area contributed by atoms with E-state index >= 15 is 0 Å². The summed E-state index contributed by atoms with van der Waals surface area (Å²) in [4.78, 5) is 23.4. The Morgan fingerprint density at radius 1 is 1.33 bits per heavy atom. The van der Waals surface area contributed by atoms with E-state index in [1.165, 1.54) is 25.4 Å². The predicted octanol–water partition coefficient (Wildman–Crippen LogP) is -1.54. The molecule has 1 aliphatic heterocycles. The molecule has 1 fully saturated rings. The van der Waals surface area contributed by atoms with Crippen molar-refractivity contribution in [3.63, 3.8) is 0 Å². The number of rotatable bonds is 3. The Morgan fingerprint density at radius 2 is 2.00 bits per heavy atom. The molecule has 1 atom stereocenters.